The van der Waals surface area contributed by atoms with Crippen LogP contribution < -0.4 is 0 Å². The molecule has 6 heteroatoms. The van der Waals surface area contributed by atoms with E-state index < -0.39 is 18.0 Å². The van der Waals surface area contributed by atoms with Crippen molar-refractivity contribution in [3.8, 4) is 0 Å². The van der Waals surface area contributed by atoms with Crippen LogP contribution in [0.1, 0.15) is 12.6 Å². The summed E-state index contributed by atoms with van der Waals surface area (Å²) in [5.41, 5.74) is 1.19. The van der Waals surface area contributed by atoms with Crippen LogP contribution in [0.25, 0.3) is 10.9 Å². The van der Waals surface area contributed by atoms with Crippen molar-refractivity contribution in [2.24, 2.45) is 5.92 Å². The third-order valence-electron chi connectivity index (χ3n) is 3.53. The van der Waals surface area contributed by atoms with Gasteiger partial charge in [-0.25, -0.2) is 9.36 Å². The maximum Gasteiger partial charge on any atom is 0.418 e. The summed E-state index contributed by atoms with van der Waals surface area (Å²) in [5.74, 6) is -1.87. The van der Waals surface area contributed by atoms with Crippen LogP contribution in [0.5, 0.6) is 0 Å². The van der Waals surface area contributed by atoms with Crippen LogP contribution in [-0.2, 0) is 25.5 Å². The summed E-state index contributed by atoms with van der Waals surface area (Å²) in [5, 5.41) is 0.829. The summed E-state index contributed by atoms with van der Waals surface area (Å²) in [6, 6.07) is 9.03. The zero-order valence-corrected chi connectivity index (χ0v) is 12.7. The van der Waals surface area contributed by atoms with Crippen molar-refractivity contribution < 1.29 is 23.9 Å². The van der Waals surface area contributed by atoms with Gasteiger partial charge >= 0.3 is 12.1 Å². The molecule has 1 atom stereocenters. The molecule has 0 N–H and O–H groups in total. The van der Waals surface area contributed by atoms with Gasteiger partial charge in [0.25, 0.3) is 0 Å². The summed E-state index contributed by atoms with van der Waals surface area (Å²) >= 11 is 0. The maximum absolute atomic E-state index is 12.0. The monoisotopic (exact) mass is 303 g/mol. The zero-order chi connectivity index (χ0) is 16.3. The number of para-hydroxylation sites is 1. The Balaban J connectivity index is 2.52. The lowest BCUT2D eigenvalue weighted by Crippen LogP contribution is -2.27. The van der Waals surface area contributed by atoms with E-state index in [1.165, 1.54) is 25.7 Å². The molecule has 1 heterocycles. The van der Waals surface area contributed by atoms with E-state index in [1.807, 2.05) is 12.1 Å². The Kier molecular flexibility index (Phi) is 4.60. The van der Waals surface area contributed by atoms with Crippen molar-refractivity contribution in [1.82, 2.24) is 4.57 Å². The molecule has 0 aliphatic rings. The van der Waals surface area contributed by atoms with Crippen molar-refractivity contribution in [2.75, 3.05) is 14.2 Å². The Morgan fingerprint density at radius 1 is 1.14 bits per heavy atom. The summed E-state index contributed by atoms with van der Waals surface area (Å²) < 4.78 is 10.8. The molecule has 2 aromatic rings. The SMILES string of the molecule is COC(=O)C(Cc1cc2ccccc2n1C(=O)OC)C(C)=O. The number of hydrogen-bond donors (Lipinski definition) is 0. The molecule has 0 radical (unpaired) electrons. The van der Waals surface area contributed by atoms with Crippen molar-refractivity contribution in [2.45, 2.75) is 13.3 Å². The van der Waals surface area contributed by atoms with Gasteiger partial charge in [-0.1, -0.05) is 18.2 Å². The van der Waals surface area contributed by atoms with Gasteiger partial charge < -0.3 is 9.47 Å². The van der Waals surface area contributed by atoms with E-state index in [2.05, 4.69) is 4.74 Å². The molecule has 1 aromatic carbocycles. The second-order valence-corrected chi connectivity index (χ2v) is 4.89. The average Bonchev–Trinajstić information content (AvgIpc) is 2.88. The molecule has 0 bridgehead atoms. The zero-order valence-electron chi connectivity index (χ0n) is 12.7. The Morgan fingerprint density at radius 2 is 1.82 bits per heavy atom. The van der Waals surface area contributed by atoms with Gasteiger partial charge in [-0.05, 0) is 19.1 Å². The number of fused-ring (bicyclic) bond motifs is 1. The van der Waals surface area contributed by atoms with Crippen LogP contribution in [0.2, 0.25) is 0 Å². The highest BCUT2D eigenvalue weighted by Crippen LogP contribution is 2.23. The fourth-order valence-corrected chi connectivity index (χ4v) is 2.41. The number of ketones is 1. The van der Waals surface area contributed by atoms with E-state index in [1.54, 1.807) is 18.2 Å². The average molecular weight is 303 g/mol. The number of carbonyl (C=O) groups is 3. The number of benzene rings is 1. The topological polar surface area (TPSA) is 74.6 Å². The highest BCUT2D eigenvalue weighted by molar-refractivity contribution is 5.98. The summed E-state index contributed by atoms with van der Waals surface area (Å²) in [6.07, 6.45) is -0.491. The number of esters is 1. The lowest BCUT2D eigenvalue weighted by Gasteiger charge is -2.13. The molecular weight excluding hydrogens is 286 g/mol. The van der Waals surface area contributed by atoms with Crippen LogP contribution >= 0.6 is 0 Å². The maximum atomic E-state index is 12.0. The fourth-order valence-electron chi connectivity index (χ4n) is 2.41. The first-order valence-electron chi connectivity index (χ1n) is 6.75. The van der Waals surface area contributed by atoms with E-state index in [4.69, 9.17) is 4.74 Å². The molecule has 0 amide bonds. The number of hydrogen-bond acceptors (Lipinski definition) is 5. The van der Waals surface area contributed by atoms with Gasteiger partial charge in [0.1, 0.15) is 11.7 Å². The summed E-state index contributed by atoms with van der Waals surface area (Å²) in [6.45, 7) is 1.33. The Bertz CT molecular complexity index is 731. The molecule has 0 saturated carbocycles. The highest BCUT2D eigenvalue weighted by Gasteiger charge is 2.27. The van der Waals surface area contributed by atoms with Crippen LogP contribution in [0.4, 0.5) is 4.79 Å². The third-order valence-corrected chi connectivity index (χ3v) is 3.53. The van der Waals surface area contributed by atoms with Crippen LogP contribution in [0, 0.1) is 5.92 Å². The minimum atomic E-state index is -0.947. The van der Waals surface area contributed by atoms with Crippen molar-refractivity contribution in [3.05, 3.63) is 36.0 Å². The van der Waals surface area contributed by atoms with E-state index in [-0.39, 0.29) is 12.2 Å². The first kappa shape index (κ1) is 15.8. The van der Waals surface area contributed by atoms with Gasteiger partial charge in [-0.2, -0.15) is 0 Å². The van der Waals surface area contributed by atoms with E-state index in [0.29, 0.717) is 11.2 Å². The molecule has 2 rings (SSSR count). The van der Waals surface area contributed by atoms with Gasteiger partial charge in [0, 0.05) is 17.5 Å². The number of Topliss-reactive ketones (excluding diaryl/α,β-unsaturated/α-hetero) is 1. The van der Waals surface area contributed by atoms with E-state index in [0.717, 1.165) is 5.39 Å². The normalized spacial score (nSPS) is 12.0. The first-order chi connectivity index (χ1) is 10.5. The Labute approximate surface area is 127 Å². The standard InChI is InChI=1S/C16H17NO5/c1-10(18)13(15(19)21-2)9-12-8-11-6-4-5-7-14(11)17(12)16(20)22-3/h4-8,13H,9H2,1-3H3. The minimum Gasteiger partial charge on any atom is -0.468 e. The smallest absolute Gasteiger partial charge is 0.418 e. The lowest BCUT2D eigenvalue weighted by molar-refractivity contribution is -0.148. The Hall–Kier alpha value is -2.63. The highest BCUT2D eigenvalue weighted by atomic mass is 16.5. The third kappa shape index (κ3) is 2.86. The predicted molar refractivity (Wildman–Crippen MR) is 79.6 cm³/mol. The number of aromatic nitrogens is 1. The lowest BCUT2D eigenvalue weighted by atomic mass is 9.99. The molecule has 0 spiro atoms. The van der Waals surface area contributed by atoms with Gasteiger partial charge in [-0.3, -0.25) is 9.59 Å². The molecule has 0 aliphatic heterocycles. The van der Waals surface area contributed by atoms with Gasteiger partial charge in [0.15, 0.2) is 0 Å². The molecular formula is C16H17NO5. The quantitative estimate of drug-likeness (QED) is 0.639. The molecule has 1 unspecified atom stereocenters. The minimum absolute atomic E-state index is 0.0752. The van der Waals surface area contributed by atoms with Gasteiger partial charge in [-0.15, -0.1) is 0 Å². The summed E-state index contributed by atoms with van der Waals surface area (Å²) in [7, 11) is 2.51. The number of nitrogens with zero attached hydrogens (tertiary/aromatic N) is 1. The molecule has 1 aromatic heterocycles. The largest absolute Gasteiger partial charge is 0.468 e. The van der Waals surface area contributed by atoms with Gasteiger partial charge in [0.05, 0.1) is 19.7 Å². The summed E-state index contributed by atoms with van der Waals surface area (Å²) in [4.78, 5) is 35.5. The molecule has 0 aliphatic carbocycles. The molecule has 22 heavy (non-hydrogen) atoms. The van der Waals surface area contributed by atoms with E-state index in [9.17, 15) is 14.4 Å². The van der Waals surface area contributed by atoms with Crippen molar-refractivity contribution in [1.29, 1.82) is 0 Å². The number of methoxy groups -OCH3 is 2. The second kappa shape index (κ2) is 6.43. The number of ether oxygens (including phenoxy) is 2. The fraction of sp³-hybridized carbons (Fsp3) is 0.312. The van der Waals surface area contributed by atoms with Gasteiger partial charge in [0.2, 0.25) is 0 Å². The molecule has 6 nitrogen and oxygen atoms in total. The number of carbonyl (C=O) groups excluding carboxylic acids is 3. The van der Waals surface area contributed by atoms with E-state index >= 15 is 0 Å². The molecule has 0 saturated heterocycles. The predicted octanol–water partition coefficient (Wildman–Crippen LogP) is 2.18. The number of rotatable bonds is 4. The Morgan fingerprint density at radius 3 is 2.41 bits per heavy atom. The van der Waals surface area contributed by atoms with Crippen molar-refractivity contribution in [3.63, 3.8) is 0 Å². The van der Waals surface area contributed by atoms with Crippen molar-refractivity contribution >= 4 is 28.7 Å². The van der Waals surface area contributed by atoms with Crippen LogP contribution in [0.15, 0.2) is 30.3 Å². The van der Waals surface area contributed by atoms with Crippen LogP contribution in [0.3, 0.4) is 0 Å². The van der Waals surface area contributed by atoms with Crippen LogP contribution in [-0.4, -0.2) is 36.6 Å². The molecule has 116 valence electrons. The second-order valence-electron chi connectivity index (χ2n) is 4.89. The first-order valence-corrected chi connectivity index (χ1v) is 6.75. The molecule has 0 fully saturated rings.